The largest absolute Gasteiger partial charge is 0.394 e. The zero-order chi connectivity index (χ0) is 12.9. The minimum Gasteiger partial charge on any atom is -0.394 e. The fourth-order valence-electron chi connectivity index (χ4n) is 1.45. The van der Waals surface area contributed by atoms with E-state index in [4.69, 9.17) is 25.2 Å². The van der Waals surface area contributed by atoms with E-state index in [1.807, 2.05) is 0 Å². The second-order valence-electron chi connectivity index (χ2n) is 4.28. The van der Waals surface area contributed by atoms with Crippen molar-refractivity contribution < 1.29 is 25.2 Å². The Hall–Kier alpha value is -0.200. The Balaban J connectivity index is 3.04. The molecule has 4 N–H and O–H groups in total. The maximum Gasteiger partial charge on any atom is 0.0771 e. The van der Waals surface area contributed by atoms with Crippen molar-refractivity contribution in [1.82, 2.24) is 0 Å². The summed E-state index contributed by atoms with van der Waals surface area (Å²) in [6, 6.07) is 0. The Kier molecular flexibility index (Phi) is 12.1. The van der Waals surface area contributed by atoms with Crippen molar-refractivity contribution >= 4 is 0 Å². The summed E-state index contributed by atoms with van der Waals surface area (Å²) in [6.07, 6.45) is 3.50. The van der Waals surface area contributed by atoms with Crippen LogP contribution in [0.25, 0.3) is 0 Å². The summed E-state index contributed by atoms with van der Waals surface area (Å²) in [5.74, 6) is 0. The first-order valence-corrected chi connectivity index (χ1v) is 6.36. The van der Waals surface area contributed by atoms with E-state index in [0.717, 1.165) is 25.7 Å². The van der Waals surface area contributed by atoms with Crippen molar-refractivity contribution in [2.45, 2.75) is 50.7 Å². The number of unbranched alkanes of at least 4 members (excludes halogenated alkanes) is 2. The van der Waals surface area contributed by atoms with Gasteiger partial charge in [-0.15, -0.1) is 0 Å². The van der Waals surface area contributed by atoms with Gasteiger partial charge in [-0.25, -0.2) is 0 Å². The van der Waals surface area contributed by atoms with Crippen LogP contribution in [0.4, 0.5) is 0 Å². The molecule has 5 nitrogen and oxygen atoms in total. The van der Waals surface area contributed by atoms with E-state index in [0.29, 0.717) is 26.1 Å². The zero-order valence-electron chi connectivity index (χ0n) is 10.4. The lowest BCUT2D eigenvalue weighted by molar-refractivity contribution is 0.0751. The summed E-state index contributed by atoms with van der Waals surface area (Å²) < 4.78 is 5.38. The molecule has 0 fully saturated rings. The van der Waals surface area contributed by atoms with Gasteiger partial charge in [0.15, 0.2) is 0 Å². The smallest absolute Gasteiger partial charge is 0.0771 e. The molecule has 5 heteroatoms. The minimum atomic E-state index is -0.602. The molecule has 0 saturated carbocycles. The van der Waals surface area contributed by atoms with Gasteiger partial charge in [0.05, 0.1) is 25.4 Å². The van der Waals surface area contributed by atoms with Crippen LogP contribution in [0, 0.1) is 0 Å². The number of aliphatic hydroxyl groups excluding tert-OH is 4. The Bertz CT molecular complexity index is 138. The Morgan fingerprint density at radius 3 is 1.47 bits per heavy atom. The molecule has 0 aliphatic rings. The molecule has 0 aromatic heterocycles. The molecule has 0 amide bonds. The van der Waals surface area contributed by atoms with Crippen LogP contribution in [0.2, 0.25) is 0 Å². The van der Waals surface area contributed by atoms with Gasteiger partial charge in [0.2, 0.25) is 0 Å². The van der Waals surface area contributed by atoms with Gasteiger partial charge in [0, 0.05) is 13.2 Å². The quantitative estimate of drug-likeness (QED) is 0.367. The Morgan fingerprint density at radius 2 is 1.12 bits per heavy atom. The van der Waals surface area contributed by atoms with E-state index in [1.54, 1.807) is 0 Å². The highest BCUT2D eigenvalue weighted by Crippen LogP contribution is 2.03. The number of aliphatic hydroxyl groups is 4. The molecule has 0 spiro atoms. The van der Waals surface area contributed by atoms with E-state index < -0.39 is 12.2 Å². The predicted molar refractivity (Wildman–Crippen MR) is 64.7 cm³/mol. The molecule has 0 aliphatic carbocycles. The van der Waals surface area contributed by atoms with Gasteiger partial charge in [-0.1, -0.05) is 0 Å². The van der Waals surface area contributed by atoms with Gasteiger partial charge < -0.3 is 25.2 Å². The van der Waals surface area contributed by atoms with Crippen LogP contribution in [-0.2, 0) is 4.74 Å². The minimum absolute atomic E-state index is 0.173. The first-order valence-electron chi connectivity index (χ1n) is 6.36. The monoisotopic (exact) mass is 250 g/mol. The number of rotatable bonds is 12. The zero-order valence-corrected chi connectivity index (χ0v) is 10.4. The summed E-state index contributed by atoms with van der Waals surface area (Å²) in [5.41, 5.74) is 0. The van der Waals surface area contributed by atoms with Crippen LogP contribution in [0.5, 0.6) is 0 Å². The molecule has 0 radical (unpaired) electrons. The summed E-state index contributed by atoms with van der Waals surface area (Å²) in [7, 11) is 0. The van der Waals surface area contributed by atoms with Gasteiger partial charge in [-0.2, -0.15) is 0 Å². The van der Waals surface area contributed by atoms with Crippen molar-refractivity contribution in [1.29, 1.82) is 0 Å². The maximum atomic E-state index is 9.07. The second kappa shape index (κ2) is 12.3. The lowest BCUT2D eigenvalue weighted by Gasteiger charge is -2.08. The molecular weight excluding hydrogens is 224 g/mol. The number of ether oxygens (including phenoxy) is 1. The van der Waals surface area contributed by atoms with Crippen molar-refractivity contribution in [3.63, 3.8) is 0 Å². The maximum absolute atomic E-state index is 9.07. The molecule has 0 rings (SSSR count). The molecule has 0 heterocycles. The third-order valence-corrected chi connectivity index (χ3v) is 2.57. The van der Waals surface area contributed by atoms with Gasteiger partial charge >= 0.3 is 0 Å². The van der Waals surface area contributed by atoms with Gasteiger partial charge in [-0.3, -0.25) is 0 Å². The molecule has 17 heavy (non-hydrogen) atoms. The molecule has 2 unspecified atom stereocenters. The highest BCUT2D eigenvalue weighted by Gasteiger charge is 2.02. The second-order valence-corrected chi connectivity index (χ2v) is 4.28. The van der Waals surface area contributed by atoms with E-state index in [1.165, 1.54) is 0 Å². The summed E-state index contributed by atoms with van der Waals surface area (Å²) in [4.78, 5) is 0. The third-order valence-electron chi connectivity index (χ3n) is 2.57. The van der Waals surface area contributed by atoms with E-state index in [9.17, 15) is 0 Å². The summed E-state index contributed by atoms with van der Waals surface area (Å²) in [6.45, 7) is 0.990. The first kappa shape index (κ1) is 16.8. The lowest BCUT2D eigenvalue weighted by Crippen LogP contribution is -2.12. The van der Waals surface area contributed by atoms with Crippen LogP contribution < -0.4 is 0 Å². The molecule has 0 aromatic rings. The van der Waals surface area contributed by atoms with Crippen molar-refractivity contribution in [2.24, 2.45) is 0 Å². The highest BCUT2D eigenvalue weighted by atomic mass is 16.5. The van der Waals surface area contributed by atoms with Crippen LogP contribution in [0.3, 0.4) is 0 Å². The molecule has 0 aliphatic heterocycles. The number of hydrogen-bond donors (Lipinski definition) is 4. The Labute approximate surface area is 103 Å². The van der Waals surface area contributed by atoms with Gasteiger partial charge in [0.1, 0.15) is 0 Å². The average molecular weight is 250 g/mol. The topological polar surface area (TPSA) is 90.2 Å². The van der Waals surface area contributed by atoms with Gasteiger partial charge in [0.25, 0.3) is 0 Å². The van der Waals surface area contributed by atoms with Gasteiger partial charge in [-0.05, 0) is 38.5 Å². The molecule has 0 bridgehead atoms. The number of hydrogen-bond acceptors (Lipinski definition) is 5. The van der Waals surface area contributed by atoms with E-state index in [-0.39, 0.29) is 13.2 Å². The highest BCUT2D eigenvalue weighted by molar-refractivity contribution is 4.53. The van der Waals surface area contributed by atoms with E-state index in [2.05, 4.69) is 0 Å². The van der Waals surface area contributed by atoms with Crippen LogP contribution in [-0.4, -0.2) is 59.1 Å². The van der Waals surface area contributed by atoms with Crippen molar-refractivity contribution in [3.8, 4) is 0 Å². The molecule has 2 atom stereocenters. The third kappa shape index (κ3) is 12.1. The van der Waals surface area contributed by atoms with E-state index >= 15 is 0 Å². The first-order chi connectivity index (χ1) is 8.20. The van der Waals surface area contributed by atoms with Crippen molar-refractivity contribution in [3.05, 3.63) is 0 Å². The lowest BCUT2D eigenvalue weighted by atomic mass is 10.1. The van der Waals surface area contributed by atoms with Crippen LogP contribution in [0.15, 0.2) is 0 Å². The molecular formula is C12H26O5. The normalized spacial score (nSPS) is 14.8. The average Bonchev–Trinajstić information content (AvgIpc) is 2.35. The van der Waals surface area contributed by atoms with Crippen LogP contribution in [0.1, 0.15) is 38.5 Å². The molecule has 104 valence electrons. The predicted octanol–water partition coefficient (Wildman–Crippen LogP) is 0.0500. The molecule has 0 saturated heterocycles. The molecule has 0 aromatic carbocycles. The van der Waals surface area contributed by atoms with Crippen molar-refractivity contribution in [2.75, 3.05) is 26.4 Å². The fraction of sp³-hybridized carbons (Fsp3) is 1.00. The van der Waals surface area contributed by atoms with Crippen LogP contribution >= 0.6 is 0 Å². The summed E-state index contributed by atoms with van der Waals surface area (Å²) >= 11 is 0. The standard InChI is InChI=1S/C12H26O5/c13-9-11(15)5-1-3-7-17-8-4-2-6-12(16)10-14/h11-16H,1-10H2. The fourth-order valence-corrected chi connectivity index (χ4v) is 1.45. The summed E-state index contributed by atoms with van der Waals surface area (Å²) in [5, 5.41) is 35.3. The SMILES string of the molecule is OCC(O)CCCCOCCCCC(O)CO. The Morgan fingerprint density at radius 1 is 0.706 bits per heavy atom.